The quantitative estimate of drug-likeness (QED) is 0.603. The van der Waals surface area contributed by atoms with Crippen LogP contribution in [0.15, 0.2) is 64.9 Å². The Bertz CT molecular complexity index is 771. The number of halogens is 1. The molecule has 1 N–H and O–H groups in total. The molecule has 132 valence electrons. The summed E-state index contributed by atoms with van der Waals surface area (Å²) in [4.78, 5) is 6.69. The van der Waals surface area contributed by atoms with E-state index >= 15 is 0 Å². The molecule has 1 heterocycles. The lowest BCUT2D eigenvalue weighted by Crippen LogP contribution is -2.23. The van der Waals surface area contributed by atoms with E-state index in [1.54, 1.807) is 30.8 Å². The number of thioether (sulfide) groups is 1. The van der Waals surface area contributed by atoms with Crippen molar-refractivity contribution in [2.45, 2.75) is 20.8 Å². The van der Waals surface area contributed by atoms with E-state index in [1.165, 1.54) is 6.07 Å². The fourth-order valence-electron chi connectivity index (χ4n) is 2.51. The third kappa shape index (κ3) is 4.86. The van der Waals surface area contributed by atoms with Crippen LogP contribution in [0.25, 0.3) is 5.70 Å². The summed E-state index contributed by atoms with van der Waals surface area (Å²) >= 11 is 1.66. The summed E-state index contributed by atoms with van der Waals surface area (Å²) in [5, 5.41) is 5.49. The van der Waals surface area contributed by atoms with Crippen molar-refractivity contribution >= 4 is 23.2 Å². The maximum atomic E-state index is 13.7. The second kappa shape index (κ2) is 8.72. The van der Waals surface area contributed by atoms with Crippen molar-refractivity contribution < 1.29 is 4.39 Å². The largest absolute Gasteiger partial charge is 0.372 e. The Kier molecular flexibility index (Phi) is 6.65. The van der Waals surface area contributed by atoms with Crippen LogP contribution in [0.2, 0.25) is 0 Å². The highest BCUT2D eigenvalue weighted by molar-refractivity contribution is 8.02. The molecule has 25 heavy (non-hydrogen) atoms. The number of nitrogens with zero attached hydrogens (tertiary/aromatic N) is 2. The lowest BCUT2D eigenvalue weighted by molar-refractivity contribution is 0.616. The van der Waals surface area contributed by atoms with Gasteiger partial charge < -0.3 is 10.2 Å². The van der Waals surface area contributed by atoms with Gasteiger partial charge in [0.25, 0.3) is 0 Å². The molecule has 2 rings (SSSR count). The van der Waals surface area contributed by atoms with E-state index < -0.39 is 0 Å². The van der Waals surface area contributed by atoms with E-state index in [-0.39, 0.29) is 5.82 Å². The first-order valence-corrected chi connectivity index (χ1v) is 9.09. The summed E-state index contributed by atoms with van der Waals surface area (Å²) in [6, 6.07) is 5.16. The van der Waals surface area contributed by atoms with Gasteiger partial charge in [-0.3, -0.25) is 4.99 Å². The molecule has 0 spiro atoms. The van der Waals surface area contributed by atoms with Gasteiger partial charge in [0.05, 0.1) is 23.0 Å². The van der Waals surface area contributed by atoms with Crippen LogP contribution in [0.5, 0.6) is 0 Å². The minimum Gasteiger partial charge on any atom is -0.372 e. The van der Waals surface area contributed by atoms with Crippen LogP contribution in [-0.2, 0) is 0 Å². The van der Waals surface area contributed by atoms with E-state index in [0.29, 0.717) is 5.56 Å². The van der Waals surface area contributed by atoms with Gasteiger partial charge in [-0.2, -0.15) is 0 Å². The maximum Gasteiger partial charge on any atom is 0.126 e. The van der Waals surface area contributed by atoms with Gasteiger partial charge in [0.1, 0.15) is 5.82 Å². The van der Waals surface area contributed by atoms with Crippen LogP contribution in [-0.4, -0.2) is 23.5 Å². The highest BCUT2D eigenvalue weighted by Crippen LogP contribution is 2.29. The molecule has 0 aliphatic carbocycles. The van der Waals surface area contributed by atoms with Crippen molar-refractivity contribution in [1.82, 2.24) is 10.2 Å². The lowest BCUT2D eigenvalue weighted by atomic mass is 10.0. The van der Waals surface area contributed by atoms with Gasteiger partial charge >= 0.3 is 0 Å². The first-order chi connectivity index (χ1) is 11.9. The Morgan fingerprint density at radius 1 is 1.40 bits per heavy atom. The monoisotopic (exact) mass is 357 g/mol. The Morgan fingerprint density at radius 2 is 2.16 bits per heavy atom. The normalized spacial score (nSPS) is 19.6. The van der Waals surface area contributed by atoms with Crippen LogP contribution in [0, 0.1) is 12.7 Å². The van der Waals surface area contributed by atoms with Crippen LogP contribution in [0.1, 0.15) is 25.0 Å². The summed E-state index contributed by atoms with van der Waals surface area (Å²) in [7, 11) is 1.98. The van der Waals surface area contributed by atoms with Crippen LogP contribution in [0.3, 0.4) is 0 Å². The van der Waals surface area contributed by atoms with Crippen LogP contribution in [0.4, 0.5) is 4.39 Å². The number of nitrogens with one attached hydrogen (secondary N) is 1. The zero-order valence-corrected chi connectivity index (χ0v) is 16.0. The first-order valence-electron chi connectivity index (χ1n) is 8.04. The molecule has 0 unspecified atom stereocenters. The third-order valence-electron chi connectivity index (χ3n) is 3.61. The molecule has 0 aromatic heterocycles. The fraction of sp³-hybridized carbons (Fsp3) is 0.250. The standard InChI is InChI=1S/C20H24FN3S/c1-6-7-18(23-14(2)3)19-20(24(5)10-11-25-13-22-19)16-8-9-17(21)15(4)12-16/h6-12,22H,1,13H2,2-5H3/b11-10-,18-7-,20-19-. The molecule has 0 radical (unpaired) electrons. The number of rotatable bonds is 4. The van der Waals surface area contributed by atoms with Crippen molar-refractivity contribution in [3.8, 4) is 0 Å². The predicted molar refractivity (Wildman–Crippen MR) is 108 cm³/mol. The molecule has 1 aromatic rings. The first kappa shape index (κ1) is 19.1. The molecule has 0 amide bonds. The predicted octanol–water partition coefficient (Wildman–Crippen LogP) is 5.05. The van der Waals surface area contributed by atoms with Gasteiger partial charge in [-0.05, 0) is 56.0 Å². The summed E-state index contributed by atoms with van der Waals surface area (Å²) in [5.41, 5.74) is 5.13. The van der Waals surface area contributed by atoms with E-state index in [0.717, 1.165) is 34.2 Å². The average molecular weight is 357 g/mol. The Balaban J connectivity index is 2.74. The van der Waals surface area contributed by atoms with E-state index in [9.17, 15) is 4.39 Å². The molecule has 0 saturated carbocycles. The molecule has 1 aromatic carbocycles. The molecule has 0 fully saturated rings. The molecule has 1 aliphatic heterocycles. The Hall–Kier alpha value is -2.27. The lowest BCUT2D eigenvalue weighted by Gasteiger charge is -2.26. The summed E-state index contributed by atoms with van der Waals surface area (Å²) in [6.45, 7) is 9.50. The third-order valence-corrected chi connectivity index (χ3v) is 4.23. The molecule has 0 bridgehead atoms. The van der Waals surface area contributed by atoms with Gasteiger partial charge in [-0.1, -0.05) is 12.7 Å². The van der Waals surface area contributed by atoms with Crippen molar-refractivity contribution in [2.24, 2.45) is 4.99 Å². The van der Waals surface area contributed by atoms with Gasteiger partial charge in [-0.15, -0.1) is 11.8 Å². The molecular formula is C20H24FN3S. The summed E-state index contributed by atoms with van der Waals surface area (Å²) in [5.74, 6) is 0.513. The number of aliphatic imine (C=N–C) groups is 1. The van der Waals surface area contributed by atoms with E-state index in [2.05, 4.69) is 16.9 Å². The maximum absolute atomic E-state index is 13.7. The zero-order chi connectivity index (χ0) is 18.4. The Labute approximate surface area is 153 Å². The topological polar surface area (TPSA) is 27.6 Å². The SMILES string of the molecule is C=C/C=C(N=C(C)C)/C1=C(\c2ccc(F)c(C)c2)N(C)/C=C\SCN1. The second-order valence-corrected chi connectivity index (χ2v) is 6.81. The minimum atomic E-state index is -0.206. The molecule has 5 heteroatoms. The van der Waals surface area contributed by atoms with Crippen molar-refractivity contribution in [1.29, 1.82) is 0 Å². The van der Waals surface area contributed by atoms with E-state index in [4.69, 9.17) is 0 Å². The average Bonchev–Trinajstić information content (AvgIpc) is 2.53. The molecule has 0 saturated heterocycles. The molecular weight excluding hydrogens is 333 g/mol. The van der Waals surface area contributed by atoms with Crippen LogP contribution >= 0.6 is 11.8 Å². The van der Waals surface area contributed by atoms with Crippen molar-refractivity contribution in [3.05, 3.63) is 76.9 Å². The van der Waals surface area contributed by atoms with Gasteiger partial charge in [0.2, 0.25) is 0 Å². The van der Waals surface area contributed by atoms with Gasteiger partial charge in [0.15, 0.2) is 0 Å². The Morgan fingerprint density at radius 3 is 2.80 bits per heavy atom. The van der Waals surface area contributed by atoms with E-state index in [1.807, 2.05) is 49.5 Å². The highest BCUT2D eigenvalue weighted by Gasteiger charge is 2.18. The highest BCUT2D eigenvalue weighted by atomic mass is 32.2. The smallest absolute Gasteiger partial charge is 0.126 e. The number of aryl methyl sites for hydroxylation is 1. The molecule has 0 atom stereocenters. The second-order valence-electron chi connectivity index (χ2n) is 5.92. The van der Waals surface area contributed by atoms with Gasteiger partial charge in [0, 0.05) is 24.5 Å². The fourth-order valence-corrected chi connectivity index (χ4v) is 3.10. The van der Waals surface area contributed by atoms with Crippen LogP contribution < -0.4 is 5.32 Å². The van der Waals surface area contributed by atoms with Crippen molar-refractivity contribution in [3.63, 3.8) is 0 Å². The van der Waals surface area contributed by atoms with Gasteiger partial charge in [-0.25, -0.2) is 4.39 Å². The number of hydrogen-bond donors (Lipinski definition) is 1. The number of hydrogen-bond acceptors (Lipinski definition) is 4. The number of allylic oxidation sites excluding steroid dienone is 2. The number of benzene rings is 1. The molecule has 1 aliphatic rings. The summed E-state index contributed by atoms with van der Waals surface area (Å²) < 4.78 is 13.7. The molecule has 3 nitrogen and oxygen atoms in total. The minimum absolute atomic E-state index is 0.206. The van der Waals surface area contributed by atoms with Crippen molar-refractivity contribution in [2.75, 3.05) is 12.9 Å². The zero-order valence-electron chi connectivity index (χ0n) is 15.1. The summed E-state index contributed by atoms with van der Waals surface area (Å²) in [6.07, 6.45) is 5.62.